The van der Waals surface area contributed by atoms with Crippen LogP contribution >= 0.6 is 0 Å². The molecule has 0 fully saturated rings. The van der Waals surface area contributed by atoms with Crippen molar-refractivity contribution in [1.82, 2.24) is 5.32 Å². The van der Waals surface area contributed by atoms with Crippen LogP contribution in [-0.2, 0) is 0 Å². The number of furan rings is 1. The Labute approximate surface area is 360 Å². The second kappa shape index (κ2) is 16.1. The van der Waals surface area contributed by atoms with Crippen LogP contribution in [0.1, 0.15) is 22.9 Å². The van der Waals surface area contributed by atoms with E-state index < -0.39 is 0 Å². The topological polar surface area (TPSA) is 53.1 Å². The maximum atomic E-state index is 6.73. The van der Waals surface area contributed by atoms with Crippen molar-refractivity contribution < 1.29 is 4.42 Å². The molecular weight excluding hydrogens is 757 g/mol. The van der Waals surface area contributed by atoms with Gasteiger partial charge in [0.2, 0.25) is 0 Å². The van der Waals surface area contributed by atoms with Crippen LogP contribution in [0.25, 0.3) is 55.3 Å². The fraction of sp³-hybridized carbons (Fsp3) is 0.0175. The lowest BCUT2D eigenvalue weighted by Crippen LogP contribution is -2.33. The van der Waals surface area contributed by atoms with Crippen molar-refractivity contribution in [1.29, 1.82) is 0 Å². The van der Waals surface area contributed by atoms with Gasteiger partial charge in [-0.15, -0.1) is 0 Å². The summed E-state index contributed by atoms with van der Waals surface area (Å²) in [6.07, 6.45) is -0.366. The van der Waals surface area contributed by atoms with E-state index in [0.29, 0.717) is 5.84 Å². The van der Waals surface area contributed by atoms with Gasteiger partial charge in [0.1, 0.15) is 23.2 Å². The summed E-state index contributed by atoms with van der Waals surface area (Å²) >= 11 is 0. The van der Waals surface area contributed by atoms with Gasteiger partial charge < -0.3 is 14.6 Å². The SMILES string of the molecule is c1ccc(C2=NC(c3cccc(-c4cc(N(c5ccc(-c6ccccc6)cc5)c5ccc(-c6ccccc6)cc5)c5c(c4)oc4ccccc45)c3)NC(c3ccccc3)=N2)cc1. The summed E-state index contributed by atoms with van der Waals surface area (Å²) in [5.41, 5.74) is 14.5. The third-order valence-corrected chi connectivity index (χ3v) is 11.5. The van der Waals surface area contributed by atoms with Crippen LogP contribution < -0.4 is 10.2 Å². The predicted octanol–water partition coefficient (Wildman–Crippen LogP) is 14.6. The smallest absolute Gasteiger partial charge is 0.159 e. The molecule has 62 heavy (non-hydrogen) atoms. The van der Waals surface area contributed by atoms with Crippen molar-refractivity contribution in [2.24, 2.45) is 9.98 Å². The van der Waals surface area contributed by atoms with Crippen LogP contribution in [0.15, 0.2) is 245 Å². The van der Waals surface area contributed by atoms with E-state index in [1.165, 1.54) is 11.1 Å². The van der Waals surface area contributed by atoms with E-state index in [1.807, 2.05) is 42.5 Å². The van der Waals surface area contributed by atoms with Crippen molar-refractivity contribution >= 4 is 50.7 Å². The number of hydrogen-bond acceptors (Lipinski definition) is 5. The molecule has 1 aliphatic rings. The highest BCUT2D eigenvalue weighted by Crippen LogP contribution is 2.46. The number of hydrogen-bond donors (Lipinski definition) is 1. The molecule has 1 N–H and O–H groups in total. The number of rotatable bonds is 9. The number of anilines is 3. The van der Waals surface area contributed by atoms with Crippen LogP contribution in [0, 0.1) is 0 Å². The minimum atomic E-state index is -0.366. The molecule has 1 aliphatic heterocycles. The fourth-order valence-electron chi connectivity index (χ4n) is 8.44. The Bertz CT molecular complexity index is 3150. The third-order valence-electron chi connectivity index (χ3n) is 11.5. The Kier molecular flexibility index (Phi) is 9.52. The first-order valence-electron chi connectivity index (χ1n) is 20.9. The number of nitrogens with one attached hydrogen (secondary N) is 1. The largest absolute Gasteiger partial charge is 0.456 e. The molecule has 1 unspecified atom stereocenters. The summed E-state index contributed by atoms with van der Waals surface area (Å²) in [5.74, 6) is 1.48. The zero-order valence-electron chi connectivity index (χ0n) is 33.8. The molecule has 9 aromatic carbocycles. The molecule has 2 heterocycles. The van der Waals surface area contributed by atoms with Gasteiger partial charge in [0.25, 0.3) is 0 Å². The minimum absolute atomic E-state index is 0.366. The zero-order chi connectivity index (χ0) is 41.2. The van der Waals surface area contributed by atoms with Gasteiger partial charge >= 0.3 is 0 Å². The molecule has 0 spiro atoms. The van der Waals surface area contributed by atoms with Gasteiger partial charge in [-0.3, -0.25) is 0 Å². The molecule has 10 aromatic rings. The van der Waals surface area contributed by atoms with Gasteiger partial charge in [0, 0.05) is 27.9 Å². The molecule has 0 radical (unpaired) electrons. The summed E-state index contributed by atoms with van der Waals surface area (Å²) in [7, 11) is 0. The van der Waals surface area contributed by atoms with Crippen LogP contribution in [-0.4, -0.2) is 11.7 Å². The summed E-state index contributed by atoms with van der Waals surface area (Å²) in [5, 5.41) is 5.76. The standard InChI is InChI=1S/C57H40N4O/c1-5-16-39(17-6-1)41-28-32-48(33-29-41)61(49-34-30-42(31-35-49)40-18-7-2-8-19-40)51-37-47(38-53-54(51)50-26-13-14-27-52(50)62-53)45-24-15-25-46(36-45)57-59-55(43-20-9-3-10-21-43)58-56(60-57)44-22-11-4-12-23-44/h1-38,57H,(H,58,59,60). The predicted molar refractivity (Wildman–Crippen MR) is 257 cm³/mol. The molecule has 294 valence electrons. The van der Waals surface area contributed by atoms with Gasteiger partial charge in [-0.05, 0) is 87.5 Å². The van der Waals surface area contributed by atoms with Crippen molar-refractivity contribution in [3.05, 3.63) is 247 Å². The average Bonchev–Trinajstić information content (AvgIpc) is 3.74. The molecule has 1 atom stereocenters. The fourth-order valence-corrected chi connectivity index (χ4v) is 8.44. The van der Waals surface area contributed by atoms with E-state index in [2.05, 4.69) is 198 Å². The van der Waals surface area contributed by atoms with Gasteiger partial charge in [0.05, 0.1) is 11.1 Å². The molecular formula is C57H40N4O. The molecule has 0 bridgehead atoms. The lowest BCUT2D eigenvalue weighted by atomic mass is 9.97. The Morgan fingerprint density at radius 3 is 1.53 bits per heavy atom. The van der Waals surface area contributed by atoms with E-state index in [9.17, 15) is 0 Å². The lowest BCUT2D eigenvalue weighted by Gasteiger charge is -2.27. The number of fused-ring (bicyclic) bond motifs is 3. The number of benzene rings is 9. The van der Waals surface area contributed by atoms with Crippen molar-refractivity contribution in [3.63, 3.8) is 0 Å². The van der Waals surface area contributed by atoms with Crippen molar-refractivity contribution in [2.75, 3.05) is 4.90 Å². The molecule has 5 heteroatoms. The molecule has 0 amide bonds. The van der Waals surface area contributed by atoms with Crippen LogP contribution in [0.3, 0.4) is 0 Å². The quantitative estimate of drug-likeness (QED) is 0.158. The van der Waals surface area contributed by atoms with Gasteiger partial charge in [-0.1, -0.05) is 182 Å². The van der Waals surface area contributed by atoms with Crippen LogP contribution in [0.2, 0.25) is 0 Å². The zero-order valence-corrected chi connectivity index (χ0v) is 33.8. The number of para-hydroxylation sites is 1. The third kappa shape index (κ3) is 7.12. The average molecular weight is 797 g/mol. The maximum Gasteiger partial charge on any atom is 0.159 e. The highest BCUT2D eigenvalue weighted by atomic mass is 16.3. The number of aliphatic imine (C=N–C) groups is 2. The molecule has 0 aliphatic carbocycles. The molecule has 0 saturated carbocycles. The van der Waals surface area contributed by atoms with E-state index in [4.69, 9.17) is 14.4 Å². The minimum Gasteiger partial charge on any atom is -0.456 e. The first-order chi connectivity index (χ1) is 30.7. The second-order valence-corrected chi connectivity index (χ2v) is 15.4. The van der Waals surface area contributed by atoms with Crippen molar-refractivity contribution in [2.45, 2.75) is 6.17 Å². The first-order valence-corrected chi connectivity index (χ1v) is 20.9. The lowest BCUT2D eigenvalue weighted by molar-refractivity contribution is 0.669. The van der Waals surface area contributed by atoms with E-state index in [-0.39, 0.29) is 6.17 Å². The first kappa shape index (κ1) is 36.8. The Balaban J connectivity index is 1.07. The monoisotopic (exact) mass is 796 g/mol. The van der Waals surface area contributed by atoms with Crippen molar-refractivity contribution in [3.8, 4) is 33.4 Å². The highest BCUT2D eigenvalue weighted by molar-refractivity contribution is 6.15. The van der Waals surface area contributed by atoms with Gasteiger partial charge in [-0.25, -0.2) is 9.98 Å². The van der Waals surface area contributed by atoms with Crippen LogP contribution in [0.4, 0.5) is 17.1 Å². The van der Waals surface area contributed by atoms with E-state index >= 15 is 0 Å². The Morgan fingerprint density at radius 2 is 0.919 bits per heavy atom. The summed E-state index contributed by atoms with van der Waals surface area (Å²) < 4.78 is 6.73. The van der Waals surface area contributed by atoms with Gasteiger partial charge in [0.15, 0.2) is 5.84 Å². The molecule has 5 nitrogen and oxygen atoms in total. The maximum absolute atomic E-state index is 6.73. The van der Waals surface area contributed by atoms with E-state index in [1.54, 1.807) is 0 Å². The molecule has 1 aromatic heterocycles. The van der Waals surface area contributed by atoms with Crippen LogP contribution in [0.5, 0.6) is 0 Å². The molecule has 11 rings (SSSR count). The summed E-state index contributed by atoms with van der Waals surface area (Å²) in [6.45, 7) is 0. The van der Waals surface area contributed by atoms with Gasteiger partial charge in [-0.2, -0.15) is 0 Å². The summed E-state index contributed by atoms with van der Waals surface area (Å²) in [6, 6.07) is 80.7. The second-order valence-electron chi connectivity index (χ2n) is 15.4. The highest BCUT2D eigenvalue weighted by Gasteiger charge is 2.24. The Hall–Kier alpha value is -8.28. The van der Waals surface area contributed by atoms with E-state index in [0.717, 1.165) is 83.8 Å². The normalized spacial score (nSPS) is 13.6. The number of nitrogens with zero attached hydrogens (tertiary/aromatic N) is 3. The number of amidine groups is 2. The summed E-state index contributed by atoms with van der Waals surface area (Å²) in [4.78, 5) is 12.6. The molecule has 0 saturated heterocycles. The Morgan fingerprint density at radius 1 is 0.403 bits per heavy atom.